The third-order valence-corrected chi connectivity index (χ3v) is 4.27. The van der Waals surface area contributed by atoms with Crippen LogP contribution in [0.15, 0.2) is 72.8 Å². The van der Waals surface area contributed by atoms with Crippen LogP contribution in [0, 0.1) is 0 Å². The molecule has 0 aliphatic carbocycles. The molecular formula is C23H20O7. The average molecular weight is 408 g/mol. The molecular weight excluding hydrogens is 388 g/mol. The molecule has 0 saturated heterocycles. The molecule has 0 bridgehead atoms. The second-order valence-electron chi connectivity index (χ2n) is 6.21. The molecule has 7 heteroatoms. The van der Waals surface area contributed by atoms with Gasteiger partial charge in [-0.3, -0.25) is 9.59 Å². The molecule has 0 aliphatic heterocycles. The molecule has 3 aromatic carbocycles. The summed E-state index contributed by atoms with van der Waals surface area (Å²) < 4.78 is 21.1. The smallest absolute Gasteiger partial charge is 0.330 e. The number of hydrogen-bond acceptors (Lipinski definition) is 6. The molecule has 1 N–H and O–H groups in total. The van der Waals surface area contributed by atoms with Crippen LogP contribution in [-0.4, -0.2) is 31.3 Å². The Morgan fingerprint density at radius 1 is 0.667 bits per heavy atom. The van der Waals surface area contributed by atoms with Crippen molar-refractivity contribution in [1.29, 1.82) is 0 Å². The lowest BCUT2D eigenvalue weighted by molar-refractivity contribution is -0.148. The van der Waals surface area contributed by atoms with Crippen molar-refractivity contribution >= 4 is 11.9 Å². The van der Waals surface area contributed by atoms with Crippen molar-refractivity contribution in [3.63, 3.8) is 0 Å². The average Bonchev–Trinajstić information content (AvgIpc) is 2.76. The second kappa shape index (κ2) is 9.47. The number of rotatable bonds is 8. The van der Waals surface area contributed by atoms with Gasteiger partial charge in [-0.15, -0.1) is 0 Å². The summed E-state index contributed by atoms with van der Waals surface area (Å²) in [4.78, 5) is 24.2. The summed E-state index contributed by atoms with van der Waals surface area (Å²) in [6.07, 6.45) is 0. The van der Waals surface area contributed by atoms with Gasteiger partial charge in [-0.1, -0.05) is 12.1 Å². The van der Waals surface area contributed by atoms with Crippen molar-refractivity contribution in [3.05, 3.63) is 78.4 Å². The molecule has 0 fully saturated rings. The number of carbonyl (C=O) groups is 2. The first-order valence-corrected chi connectivity index (χ1v) is 9.00. The van der Waals surface area contributed by atoms with E-state index >= 15 is 0 Å². The number of methoxy groups -OCH3 is 2. The predicted molar refractivity (Wildman–Crippen MR) is 109 cm³/mol. The summed E-state index contributed by atoms with van der Waals surface area (Å²) >= 11 is 0. The zero-order valence-electron chi connectivity index (χ0n) is 16.4. The maximum atomic E-state index is 12.5. The van der Waals surface area contributed by atoms with E-state index < -0.39 is 17.9 Å². The minimum atomic E-state index is -1.47. The molecule has 3 aromatic rings. The van der Waals surface area contributed by atoms with Gasteiger partial charge >= 0.3 is 11.9 Å². The monoisotopic (exact) mass is 408 g/mol. The lowest BCUT2D eigenvalue weighted by Gasteiger charge is -2.13. The van der Waals surface area contributed by atoms with Gasteiger partial charge < -0.3 is 24.1 Å². The molecule has 3 rings (SSSR count). The topological polar surface area (TPSA) is 91.3 Å². The number of carboxylic acids is 1. The SMILES string of the molecule is COc1ccc(OC(=O)[C@@H](C(=O)O)c2ccc(Oc3ccc(OC)cc3)cc2)cc1. The van der Waals surface area contributed by atoms with E-state index in [-0.39, 0.29) is 11.3 Å². The molecule has 0 radical (unpaired) electrons. The van der Waals surface area contributed by atoms with Gasteiger partial charge in [0.15, 0.2) is 5.92 Å². The number of ether oxygens (including phenoxy) is 4. The Balaban J connectivity index is 1.71. The van der Waals surface area contributed by atoms with Gasteiger partial charge in [-0.2, -0.15) is 0 Å². The molecule has 7 nitrogen and oxygen atoms in total. The summed E-state index contributed by atoms with van der Waals surface area (Å²) in [6.45, 7) is 0. The van der Waals surface area contributed by atoms with E-state index in [1.165, 1.54) is 31.4 Å². The Morgan fingerprint density at radius 3 is 1.50 bits per heavy atom. The van der Waals surface area contributed by atoms with Crippen molar-refractivity contribution in [1.82, 2.24) is 0 Å². The van der Waals surface area contributed by atoms with Gasteiger partial charge in [0.1, 0.15) is 28.7 Å². The predicted octanol–water partition coefficient (Wildman–Crippen LogP) is 4.27. The van der Waals surface area contributed by atoms with Crippen molar-refractivity contribution in [2.45, 2.75) is 5.92 Å². The zero-order chi connectivity index (χ0) is 21.5. The first-order valence-electron chi connectivity index (χ1n) is 9.00. The third kappa shape index (κ3) is 5.08. The Bertz CT molecular complexity index is 993. The van der Waals surface area contributed by atoms with Gasteiger partial charge in [0, 0.05) is 0 Å². The van der Waals surface area contributed by atoms with Crippen molar-refractivity contribution < 1.29 is 33.6 Å². The summed E-state index contributed by atoms with van der Waals surface area (Å²) in [5.41, 5.74) is 0.281. The van der Waals surface area contributed by atoms with Crippen LogP contribution in [0.4, 0.5) is 0 Å². The highest BCUT2D eigenvalue weighted by Gasteiger charge is 2.30. The van der Waals surface area contributed by atoms with Crippen LogP contribution >= 0.6 is 0 Å². The van der Waals surface area contributed by atoms with Crippen molar-refractivity contribution in [3.8, 4) is 28.7 Å². The minimum Gasteiger partial charge on any atom is -0.497 e. The highest BCUT2D eigenvalue weighted by atomic mass is 16.5. The maximum absolute atomic E-state index is 12.5. The van der Waals surface area contributed by atoms with E-state index in [4.69, 9.17) is 18.9 Å². The number of carbonyl (C=O) groups excluding carboxylic acids is 1. The Hall–Kier alpha value is -4.00. The van der Waals surface area contributed by atoms with E-state index in [2.05, 4.69) is 0 Å². The summed E-state index contributed by atoms with van der Waals surface area (Å²) in [5, 5.41) is 9.55. The number of carboxylic acid groups (broad SMARTS) is 1. The molecule has 0 spiro atoms. The van der Waals surface area contributed by atoms with Gasteiger partial charge in [-0.05, 0) is 66.2 Å². The number of benzene rings is 3. The van der Waals surface area contributed by atoms with Gasteiger partial charge in [0.05, 0.1) is 14.2 Å². The van der Waals surface area contributed by atoms with Crippen LogP contribution in [0.3, 0.4) is 0 Å². The standard InChI is InChI=1S/C23H20O7/c1-27-16-7-11-19(12-8-16)29-18-5-3-15(4-6-18)21(22(24)25)23(26)30-20-13-9-17(28-2)10-14-20/h3-14,21H,1-2H3,(H,24,25)/t21-/m1/s1. The van der Waals surface area contributed by atoms with Gasteiger partial charge in [0.25, 0.3) is 0 Å². The Morgan fingerprint density at radius 2 is 1.07 bits per heavy atom. The number of esters is 1. The highest BCUT2D eigenvalue weighted by molar-refractivity contribution is 6.00. The number of hydrogen-bond donors (Lipinski definition) is 1. The fraction of sp³-hybridized carbons (Fsp3) is 0.130. The van der Waals surface area contributed by atoms with Crippen LogP contribution in [0.25, 0.3) is 0 Å². The molecule has 1 atom stereocenters. The fourth-order valence-electron chi connectivity index (χ4n) is 2.71. The van der Waals surface area contributed by atoms with Crippen LogP contribution in [0.2, 0.25) is 0 Å². The van der Waals surface area contributed by atoms with Gasteiger partial charge in [-0.25, -0.2) is 0 Å². The second-order valence-corrected chi connectivity index (χ2v) is 6.21. The molecule has 30 heavy (non-hydrogen) atoms. The normalized spacial score (nSPS) is 11.3. The molecule has 0 aliphatic rings. The van der Waals surface area contributed by atoms with Crippen LogP contribution in [-0.2, 0) is 9.59 Å². The molecule has 0 heterocycles. The van der Waals surface area contributed by atoms with E-state index in [0.717, 1.165) is 0 Å². The molecule has 0 amide bonds. The maximum Gasteiger partial charge on any atom is 0.330 e. The first kappa shape index (κ1) is 20.7. The lowest BCUT2D eigenvalue weighted by Crippen LogP contribution is -2.26. The number of aliphatic carboxylic acids is 1. The summed E-state index contributed by atoms with van der Waals surface area (Å²) in [6, 6.07) is 19.5. The molecule has 0 saturated carbocycles. The van der Waals surface area contributed by atoms with Crippen LogP contribution in [0.5, 0.6) is 28.7 Å². The molecule has 0 unspecified atom stereocenters. The van der Waals surface area contributed by atoms with E-state index in [9.17, 15) is 14.7 Å². The molecule has 0 aromatic heterocycles. The van der Waals surface area contributed by atoms with E-state index in [1.807, 2.05) is 0 Å². The van der Waals surface area contributed by atoms with Crippen molar-refractivity contribution in [2.24, 2.45) is 0 Å². The Kier molecular flexibility index (Phi) is 6.54. The van der Waals surface area contributed by atoms with E-state index in [0.29, 0.717) is 23.0 Å². The van der Waals surface area contributed by atoms with Crippen molar-refractivity contribution in [2.75, 3.05) is 14.2 Å². The zero-order valence-corrected chi connectivity index (χ0v) is 16.4. The largest absolute Gasteiger partial charge is 0.497 e. The van der Waals surface area contributed by atoms with Crippen LogP contribution < -0.4 is 18.9 Å². The third-order valence-electron chi connectivity index (χ3n) is 4.27. The highest BCUT2D eigenvalue weighted by Crippen LogP contribution is 2.27. The fourth-order valence-corrected chi connectivity index (χ4v) is 2.71. The van der Waals surface area contributed by atoms with Crippen LogP contribution in [0.1, 0.15) is 11.5 Å². The molecule has 154 valence electrons. The summed E-state index contributed by atoms with van der Waals surface area (Å²) in [5.74, 6) is -1.05. The van der Waals surface area contributed by atoms with E-state index in [1.54, 1.807) is 55.6 Å². The summed E-state index contributed by atoms with van der Waals surface area (Å²) in [7, 11) is 3.09. The minimum absolute atomic E-state index is 0.228. The van der Waals surface area contributed by atoms with Gasteiger partial charge in [0.2, 0.25) is 0 Å². The quantitative estimate of drug-likeness (QED) is 0.338. The lowest BCUT2D eigenvalue weighted by atomic mass is 9.99. The first-order chi connectivity index (χ1) is 14.5. The Labute approximate surface area is 173 Å².